The Kier molecular flexibility index (Phi) is 2.72. The third-order valence-corrected chi connectivity index (χ3v) is 4.05. The summed E-state index contributed by atoms with van der Waals surface area (Å²) >= 11 is 1.70. The second kappa shape index (κ2) is 3.79. The largest absolute Gasteiger partial charge is 0.325 e. The molecule has 0 aromatic heterocycles. The second-order valence-electron chi connectivity index (χ2n) is 4.06. The van der Waals surface area contributed by atoms with Gasteiger partial charge in [-0.15, -0.1) is 0 Å². The van der Waals surface area contributed by atoms with E-state index >= 15 is 0 Å². The highest BCUT2D eigenvalue weighted by atomic mass is 32.2. The Morgan fingerprint density at radius 1 is 1.38 bits per heavy atom. The summed E-state index contributed by atoms with van der Waals surface area (Å²) in [5.74, 6) is 0.161. The number of nitrogens with zero attached hydrogens (tertiary/aromatic N) is 1. The first kappa shape index (κ1) is 11.5. The number of benzene rings is 1. The molecule has 1 aromatic rings. The molecule has 0 aliphatic carbocycles. The van der Waals surface area contributed by atoms with Gasteiger partial charge in [-0.2, -0.15) is 0 Å². The Morgan fingerprint density at radius 2 is 2.06 bits per heavy atom. The van der Waals surface area contributed by atoms with Crippen LogP contribution in [0.4, 0.5) is 5.69 Å². The molecule has 3 nitrogen and oxygen atoms in total. The molecule has 0 saturated carbocycles. The lowest BCUT2D eigenvalue weighted by Crippen LogP contribution is -2.59. The highest BCUT2D eigenvalue weighted by Gasteiger charge is 2.54. The Morgan fingerprint density at radius 3 is 2.75 bits per heavy atom. The number of fused-ring (bicyclic) bond motifs is 2. The third kappa shape index (κ3) is 1.30. The van der Waals surface area contributed by atoms with Crippen molar-refractivity contribution < 1.29 is 4.79 Å². The summed E-state index contributed by atoms with van der Waals surface area (Å²) in [4.78, 5) is 11.9. The third-order valence-electron chi connectivity index (χ3n) is 3.28. The molecule has 1 spiro atoms. The van der Waals surface area contributed by atoms with Gasteiger partial charge in [-0.25, -0.2) is 4.31 Å². The molecule has 0 bridgehead atoms. The van der Waals surface area contributed by atoms with E-state index in [2.05, 4.69) is 15.7 Å². The van der Waals surface area contributed by atoms with Crippen molar-refractivity contribution in [3.63, 3.8) is 0 Å². The van der Waals surface area contributed by atoms with E-state index in [9.17, 15) is 4.79 Å². The van der Waals surface area contributed by atoms with Crippen LogP contribution < -0.4 is 5.32 Å². The Balaban J connectivity index is 0.000000963. The first-order chi connectivity index (χ1) is 7.26. The van der Waals surface area contributed by atoms with Crippen molar-refractivity contribution >= 4 is 23.5 Å². The van der Waals surface area contributed by atoms with Gasteiger partial charge in [0.1, 0.15) is 5.41 Å². The molecule has 2 aliphatic rings. The number of carbonyl (C=O) groups is 1. The lowest BCUT2D eigenvalue weighted by atomic mass is 9.76. The minimum absolute atomic E-state index is 0. The van der Waals surface area contributed by atoms with Crippen molar-refractivity contribution in [2.75, 3.05) is 24.7 Å². The van der Waals surface area contributed by atoms with Gasteiger partial charge in [0.25, 0.3) is 0 Å². The van der Waals surface area contributed by atoms with E-state index in [0.29, 0.717) is 0 Å². The zero-order valence-corrected chi connectivity index (χ0v) is 9.30. The molecule has 1 aromatic carbocycles. The quantitative estimate of drug-likeness (QED) is 0.758. The second-order valence-corrected chi connectivity index (χ2v) is 4.94. The van der Waals surface area contributed by atoms with E-state index in [1.165, 1.54) is 5.56 Å². The topological polar surface area (TPSA) is 32.3 Å². The number of amides is 1. The SMILES string of the molecule is C.CSN1CC2(C1)C(=O)Nc1ccccc12. The van der Waals surface area contributed by atoms with Crippen LogP contribution in [-0.2, 0) is 10.2 Å². The van der Waals surface area contributed by atoms with Crippen LogP contribution in [-0.4, -0.2) is 29.6 Å². The van der Waals surface area contributed by atoms with Gasteiger partial charge in [0.2, 0.25) is 5.91 Å². The van der Waals surface area contributed by atoms with E-state index < -0.39 is 0 Å². The average Bonchev–Trinajstić information content (AvgIpc) is 2.47. The molecule has 2 heterocycles. The van der Waals surface area contributed by atoms with Crippen molar-refractivity contribution in [2.24, 2.45) is 0 Å². The molecule has 2 aliphatic heterocycles. The van der Waals surface area contributed by atoms with E-state index in [-0.39, 0.29) is 18.7 Å². The fraction of sp³-hybridized carbons (Fsp3) is 0.417. The van der Waals surface area contributed by atoms with E-state index in [1.54, 1.807) is 11.9 Å². The normalized spacial score (nSPS) is 20.9. The maximum absolute atomic E-state index is 11.9. The lowest BCUT2D eigenvalue weighted by Gasteiger charge is -2.44. The molecule has 1 fully saturated rings. The molecular formula is C12H16N2OS. The smallest absolute Gasteiger partial charge is 0.237 e. The van der Waals surface area contributed by atoms with Crippen LogP contribution in [0.1, 0.15) is 13.0 Å². The van der Waals surface area contributed by atoms with Gasteiger partial charge in [0.05, 0.1) is 0 Å². The minimum Gasteiger partial charge on any atom is -0.325 e. The van der Waals surface area contributed by atoms with E-state index in [4.69, 9.17) is 0 Å². The van der Waals surface area contributed by atoms with Crippen molar-refractivity contribution in [2.45, 2.75) is 12.8 Å². The summed E-state index contributed by atoms with van der Waals surface area (Å²) in [5.41, 5.74) is 1.89. The number of para-hydroxylation sites is 1. The lowest BCUT2D eigenvalue weighted by molar-refractivity contribution is -0.124. The zero-order chi connectivity index (χ0) is 10.5. The highest BCUT2D eigenvalue weighted by molar-refractivity contribution is 7.96. The summed E-state index contributed by atoms with van der Waals surface area (Å²) in [7, 11) is 0. The van der Waals surface area contributed by atoms with Gasteiger partial charge in [-0.3, -0.25) is 4.79 Å². The number of rotatable bonds is 1. The Labute approximate surface area is 100 Å². The first-order valence-electron chi connectivity index (χ1n) is 4.96. The summed E-state index contributed by atoms with van der Waals surface area (Å²) < 4.78 is 2.21. The van der Waals surface area contributed by atoms with Gasteiger partial charge in [-0.1, -0.05) is 37.6 Å². The van der Waals surface area contributed by atoms with Crippen LogP contribution in [0, 0.1) is 0 Å². The monoisotopic (exact) mass is 236 g/mol. The Bertz CT molecular complexity index is 427. The van der Waals surface area contributed by atoms with Gasteiger partial charge in [-0.05, 0) is 17.9 Å². The van der Waals surface area contributed by atoms with Crippen LogP contribution in [0.15, 0.2) is 24.3 Å². The summed E-state index contributed by atoms with van der Waals surface area (Å²) in [6.45, 7) is 1.66. The van der Waals surface area contributed by atoms with Crippen molar-refractivity contribution in [1.29, 1.82) is 0 Å². The predicted octanol–water partition coefficient (Wildman–Crippen LogP) is 2.11. The first-order valence-corrected chi connectivity index (χ1v) is 6.14. The van der Waals surface area contributed by atoms with Crippen molar-refractivity contribution in [1.82, 2.24) is 4.31 Å². The number of carbonyl (C=O) groups excluding carboxylic acids is 1. The number of hydrogen-bond acceptors (Lipinski definition) is 3. The molecule has 1 saturated heterocycles. The van der Waals surface area contributed by atoms with E-state index in [0.717, 1.165) is 18.8 Å². The van der Waals surface area contributed by atoms with Gasteiger partial charge < -0.3 is 5.32 Å². The fourth-order valence-electron chi connectivity index (χ4n) is 2.37. The molecular weight excluding hydrogens is 220 g/mol. The predicted molar refractivity (Wildman–Crippen MR) is 68.6 cm³/mol. The molecule has 86 valence electrons. The number of hydrogen-bond donors (Lipinski definition) is 1. The molecule has 1 N–H and O–H groups in total. The van der Waals surface area contributed by atoms with Gasteiger partial charge in [0, 0.05) is 18.8 Å². The Hall–Kier alpha value is -1.00. The molecule has 4 heteroatoms. The van der Waals surface area contributed by atoms with Crippen molar-refractivity contribution in [3.8, 4) is 0 Å². The van der Waals surface area contributed by atoms with Crippen LogP contribution >= 0.6 is 11.9 Å². The fourth-order valence-corrected chi connectivity index (χ4v) is 3.07. The number of anilines is 1. The molecule has 0 atom stereocenters. The van der Waals surface area contributed by atoms with Gasteiger partial charge >= 0.3 is 0 Å². The summed E-state index contributed by atoms with van der Waals surface area (Å²) in [6.07, 6.45) is 2.05. The average molecular weight is 236 g/mol. The standard InChI is InChI=1S/C11H12N2OS.CH4/c1-15-13-6-11(7-13)8-4-2-3-5-9(8)12-10(11)14;/h2-5H,6-7H2,1H3,(H,12,14);1H4. The summed E-state index contributed by atoms with van der Waals surface area (Å²) in [6, 6.07) is 8.00. The molecule has 0 unspecified atom stereocenters. The van der Waals surface area contributed by atoms with Crippen molar-refractivity contribution in [3.05, 3.63) is 29.8 Å². The molecule has 0 radical (unpaired) electrons. The van der Waals surface area contributed by atoms with Crippen LogP contribution in [0.2, 0.25) is 0 Å². The van der Waals surface area contributed by atoms with Crippen LogP contribution in [0.25, 0.3) is 0 Å². The summed E-state index contributed by atoms with van der Waals surface area (Å²) in [5, 5.41) is 2.96. The van der Waals surface area contributed by atoms with E-state index in [1.807, 2.05) is 24.5 Å². The number of nitrogens with one attached hydrogen (secondary N) is 1. The minimum atomic E-state index is -0.264. The van der Waals surface area contributed by atoms with Gasteiger partial charge in [0.15, 0.2) is 0 Å². The maximum atomic E-state index is 11.9. The van der Waals surface area contributed by atoms with Crippen LogP contribution in [0.3, 0.4) is 0 Å². The zero-order valence-electron chi connectivity index (χ0n) is 8.49. The maximum Gasteiger partial charge on any atom is 0.237 e. The highest BCUT2D eigenvalue weighted by Crippen LogP contribution is 2.45. The van der Waals surface area contributed by atoms with Crippen LogP contribution in [0.5, 0.6) is 0 Å². The molecule has 3 rings (SSSR count). The molecule has 16 heavy (non-hydrogen) atoms. The molecule has 1 amide bonds.